The highest BCUT2D eigenvalue weighted by Crippen LogP contribution is 2.25. The summed E-state index contributed by atoms with van der Waals surface area (Å²) in [4.78, 5) is 0. The predicted molar refractivity (Wildman–Crippen MR) is 83.8 cm³/mol. The van der Waals surface area contributed by atoms with Gasteiger partial charge in [0.15, 0.2) is 0 Å². The van der Waals surface area contributed by atoms with Crippen LogP contribution in [0.3, 0.4) is 0 Å². The van der Waals surface area contributed by atoms with Gasteiger partial charge in [-0.15, -0.1) is 0 Å². The van der Waals surface area contributed by atoms with Crippen LogP contribution in [0.15, 0.2) is 54.6 Å². The first-order valence-electron chi connectivity index (χ1n) is 7.19. The lowest BCUT2D eigenvalue weighted by molar-refractivity contribution is 0.266. The van der Waals surface area contributed by atoms with Crippen LogP contribution in [-0.4, -0.2) is 17.8 Å². The minimum absolute atomic E-state index is 0.166. The number of hydrogen-bond acceptors (Lipinski definition) is 2. The second-order valence-electron chi connectivity index (χ2n) is 5.28. The smallest absolute Gasteiger partial charge is 0.0581 e. The lowest BCUT2D eigenvalue weighted by atomic mass is 9.94. The Morgan fingerprint density at radius 3 is 2.30 bits per heavy atom. The van der Waals surface area contributed by atoms with E-state index in [0.717, 1.165) is 6.42 Å². The zero-order valence-electron chi connectivity index (χ0n) is 12.2. The average Bonchev–Trinajstić information content (AvgIpc) is 2.47. The van der Waals surface area contributed by atoms with Gasteiger partial charge in [0.2, 0.25) is 0 Å². The molecule has 0 amide bonds. The van der Waals surface area contributed by atoms with Crippen LogP contribution < -0.4 is 5.32 Å². The predicted octanol–water partition coefficient (Wildman–Crippen LogP) is 3.44. The molecule has 2 atom stereocenters. The highest BCUT2D eigenvalue weighted by Gasteiger charge is 2.17. The van der Waals surface area contributed by atoms with Gasteiger partial charge in [0, 0.05) is 12.6 Å². The van der Waals surface area contributed by atoms with Crippen molar-refractivity contribution < 1.29 is 5.11 Å². The van der Waals surface area contributed by atoms with E-state index in [4.69, 9.17) is 5.11 Å². The molecule has 0 fully saturated rings. The molecule has 0 aliphatic rings. The van der Waals surface area contributed by atoms with Crippen LogP contribution in [0.25, 0.3) is 0 Å². The van der Waals surface area contributed by atoms with E-state index in [1.807, 2.05) is 6.07 Å². The Balaban J connectivity index is 2.32. The molecule has 2 unspecified atom stereocenters. The van der Waals surface area contributed by atoms with E-state index >= 15 is 0 Å². The summed E-state index contributed by atoms with van der Waals surface area (Å²) in [5.74, 6) is 0. The zero-order chi connectivity index (χ0) is 14.4. The Kier molecular flexibility index (Phi) is 5.33. The van der Waals surface area contributed by atoms with Crippen molar-refractivity contribution in [3.63, 3.8) is 0 Å². The first-order valence-corrected chi connectivity index (χ1v) is 7.19. The molecule has 0 saturated carbocycles. The lowest BCUT2D eigenvalue weighted by Gasteiger charge is -2.25. The molecule has 0 spiro atoms. The standard InChI is InChI=1S/C18H23NO/c1-14-8-6-7-11-17(14)18(19-15(2)12-13-20)16-9-4-3-5-10-16/h3-11,15,18-20H,12-13H2,1-2H3. The van der Waals surface area contributed by atoms with Crippen molar-refractivity contribution in [1.29, 1.82) is 0 Å². The molecule has 2 aromatic carbocycles. The number of aliphatic hydroxyl groups excluding tert-OH is 1. The van der Waals surface area contributed by atoms with E-state index in [9.17, 15) is 0 Å². The Morgan fingerprint density at radius 2 is 1.65 bits per heavy atom. The minimum atomic E-state index is 0.166. The van der Waals surface area contributed by atoms with Crippen LogP contribution in [0.5, 0.6) is 0 Å². The van der Waals surface area contributed by atoms with E-state index in [2.05, 4.69) is 67.7 Å². The quantitative estimate of drug-likeness (QED) is 0.842. The molecule has 0 heterocycles. The molecule has 0 aliphatic carbocycles. The van der Waals surface area contributed by atoms with Crippen LogP contribution in [0.2, 0.25) is 0 Å². The Labute approximate surface area is 121 Å². The second kappa shape index (κ2) is 7.22. The van der Waals surface area contributed by atoms with Gasteiger partial charge in [-0.1, -0.05) is 54.6 Å². The fourth-order valence-corrected chi connectivity index (χ4v) is 2.48. The van der Waals surface area contributed by atoms with Crippen molar-refractivity contribution >= 4 is 0 Å². The second-order valence-corrected chi connectivity index (χ2v) is 5.28. The van der Waals surface area contributed by atoms with Gasteiger partial charge in [-0.05, 0) is 37.0 Å². The van der Waals surface area contributed by atoms with Crippen LogP contribution >= 0.6 is 0 Å². The minimum Gasteiger partial charge on any atom is -0.396 e. The number of hydrogen-bond donors (Lipinski definition) is 2. The van der Waals surface area contributed by atoms with Gasteiger partial charge in [-0.25, -0.2) is 0 Å². The normalized spacial score (nSPS) is 13.9. The summed E-state index contributed by atoms with van der Waals surface area (Å²) >= 11 is 0. The summed E-state index contributed by atoms with van der Waals surface area (Å²) in [5.41, 5.74) is 3.83. The van der Waals surface area contributed by atoms with Gasteiger partial charge in [-0.3, -0.25) is 0 Å². The summed E-state index contributed by atoms with van der Waals surface area (Å²) in [6.45, 7) is 4.47. The van der Waals surface area contributed by atoms with Gasteiger partial charge in [0.25, 0.3) is 0 Å². The molecule has 0 aromatic heterocycles. The molecule has 2 heteroatoms. The number of aryl methyl sites for hydroxylation is 1. The molecule has 2 rings (SSSR count). The van der Waals surface area contributed by atoms with E-state index in [1.54, 1.807) is 0 Å². The zero-order valence-corrected chi connectivity index (χ0v) is 12.2. The van der Waals surface area contributed by atoms with Gasteiger partial charge in [0.05, 0.1) is 6.04 Å². The molecule has 2 N–H and O–H groups in total. The van der Waals surface area contributed by atoms with Crippen LogP contribution in [0.4, 0.5) is 0 Å². The molecular weight excluding hydrogens is 246 g/mol. The largest absolute Gasteiger partial charge is 0.396 e. The van der Waals surface area contributed by atoms with Gasteiger partial charge < -0.3 is 10.4 Å². The summed E-state index contributed by atoms with van der Waals surface area (Å²) < 4.78 is 0. The fraction of sp³-hybridized carbons (Fsp3) is 0.333. The molecule has 20 heavy (non-hydrogen) atoms. The maximum absolute atomic E-state index is 9.11. The highest BCUT2D eigenvalue weighted by molar-refractivity contribution is 5.36. The van der Waals surface area contributed by atoms with E-state index in [0.29, 0.717) is 0 Å². The molecule has 106 valence electrons. The highest BCUT2D eigenvalue weighted by atomic mass is 16.3. The van der Waals surface area contributed by atoms with Gasteiger partial charge >= 0.3 is 0 Å². The number of rotatable bonds is 6. The van der Waals surface area contributed by atoms with E-state index in [1.165, 1.54) is 16.7 Å². The molecule has 0 aliphatic heterocycles. The van der Waals surface area contributed by atoms with Gasteiger partial charge in [0.1, 0.15) is 0 Å². The molecule has 2 nitrogen and oxygen atoms in total. The van der Waals surface area contributed by atoms with Crippen molar-refractivity contribution in [1.82, 2.24) is 5.32 Å². The molecule has 0 saturated heterocycles. The van der Waals surface area contributed by atoms with Gasteiger partial charge in [-0.2, -0.15) is 0 Å². The first-order chi connectivity index (χ1) is 9.72. The van der Waals surface area contributed by atoms with Crippen LogP contribution in [0.1, 0.15) is 36.1 Å². The third-order valence-electron chi connectivity index (χ3n) is 3.65. The topological polar surface area (TPSA) is 32.3 Å². The summed E-state index contributed by atoms with van der Waals surface area (Å²) in [5, 5.41) is 12.7. The molecule has 2 aromatic rings. The number of aliphatic hydroxyl groups is 1. The van der Waals surface area contributed by atoms with Crippen molar-refractivity contribution in [2.24, 2.45) is 0 Å². The third-order valence-corrected chi connectivity index (χ3v) is 3.65. The van der Waals surface area contributed by atoms with E-state index in [-0.39, 0.29) is 18.7 Å². The Bertz CT molecular complexity index is 524. The third kappa shape index (κ3) is 3.69. The molecule has 0 radical (unpaired) electrons. The van der Waals surface area contributed by atoms with Crippen LogP contribution in [0, 0.1) is 6.92 Å². The Hall–Kier alpha value is -1.64. The van der Waals surface area contributed by atoms with Crippen LogP contribution in [-0.2, 0) is 0 Å². The van der Waals surface area contributed by atoms with Crippen molar-refractivity contribution in [2.75, 3.05) is 6.61 Å². The molecular formula is C18H23NO. The monoisotopic (exact) mass is 269 g/mol. The number of benzene rings is 2. The van der Waals surface area contributed by atoms with Crippen molar-refractivity contribution in [2.45, 2.75) is 32.4 Å². The van der Waals surface area contributed by atoms with Crippen molar-refractivity contribution in [3.05, 3.63) is 71.3 Å². The maximum Gasteiger partial charge on any atom is 0.0581 e. The average molecular weight is 269 g/mol. The maximum atomic E-state index is 9.11. The fourth-order valence-electron chi connectivity index (χ4n) is 2.48. The number of nitrogens with one attached hydrogen (secondary N) is 1. The summed E-state index contributed by atoms with van der Waals surface area (Å²) in [7, 11) is 0. The molecule has 0 bridgehead atoms. The van der Waals surface area contributed by atoms with E-state index < -0.39 is 0 Å². The first kappa shape index (κ1) is 14.8. The van der Waals surface area contributed by atoms with Crippen molar-refractivity contribution in [3.8, 4) is 0 Å². The lowest BCUT2D eigenvalue weighted by Crippen LogP contribution is -2.32. The summed E-state index contributed by atoms with van der Waals surface area (Å²) in [6.07, 6.45) is 0.759. The summed E-state index contributed by atoms with van der Waals surface area (Å²) in [6, 6.07) is 19.4. The SMILES string of the molecule is Cc1ccccc1C(NC(C)CCO)c1ccccc1. The Morgan fingerprint density at radius 1 is 1.00 bits per heavy atom.